The fourth-order valence-corrected chi connectivity index (χ4v) is 3.21. The zero-order valence-electron chi connectivity index (χ0n) is 14.5. The Morgan fingerprint density at radius 2 is 2.04 bits per heavy atom. The number of likely N-dealkylation sites (tertiary alicyclic amines) is 2. The second-order valence-electron chi connectivity index (χ2n) is 6.71. The molecule has 2 aliphatic rings. The van der Waals surface area contributed by atoms with Crippen LogP contribution in [-0.4, -0.2) is 56.4 Å². The maximum absolute atomic E-state index is 12.1. The molecule has 0 saturated carbocycles. The average molecular weight is 355 g/mol. The molecule has 0 N–H and O–H groups in total. The lowest BCUT2D eigenvalue weighted by Gasteiger charge is -2.37. The molecule has 136 valence electrons. The summed E-state index contributed by atoms with van der Waals surface area (Å²) < 4.78 is 7.09. The summed E-state index contributed by atoms with van der Waals surface area (Å²) >= 11 is 0. The smallest absolute Gasteiger partial charge is 0.410 e. The van der Waals surface area contributed by atoms with E-state index in [0.717, 1.165) is 24.2 Å². The Morgan fingerprint density at radius 1 is 1.23 bits per heavy atom. The van der Waals surface area contributed by atoms with Gasteiger partial charge in [-0.25, -0.2) is 9.48 Å². The van der Waals surface area contributed by atoms with E-state index >= 15 is 0 Å². The van der Waals surface area contributed by atoms with E-state index in [0.29, 0.717) is 26.1 Å². The zero-order chi connectivity index (χ0) is 17.9. The number of amides is 2. The van der Waals surface area contributed by atoms with Crippen molar-refractivity contribution < 1.29 is 14.3 Å². The molecule has 4 rings (SSSR count). The monoisotopic (exact) mass is 355 g/mol. The van der Waals surface area contributed by atoms with E-state index in [9.17, 15) is 9.59 Å². The Balaban J connectivity index is 1.24. The lowest BCUT2D eigenvalue weighted by Crippen LogP contribution is -2.51. The molecule has 0 unspecified atom stereocenters. The second kappa shape index (κ2) is 7.15. The summed E-state index contributed by atoms with van der Waals surface area (Å²) in [6.07, 6.45) is 3.09. The van der Waals surface area contributed by atoms with Gasteiger partial charge in [0.1, 0.15) is 12.3 Å². The van der Waals surface area contributed by atoms with Crippen LogP contribution < -0.4 is 0 Å². The van der Waals surface area contributed by atoms with Crippen molar-refractivity contribution >= 4 is 12.0 Å². The Bertz CT molecular complexity index is 785. The van der Waals surface area contributed by atoms with E-state index in [4.69, 9.17) is 4.74 Å². The van der Waals surface area contributed by atoms with E-state index in [-0.39, 0.29) is 24.6 Å². The van der Waals surface area contributed by atoms with Crippen LogP contribution in [0.15, 0.2) is 36.5 Å². The SMILES string of the molecule is O=C1CCCN1Cc1cn(C2CN(C(=O)OCc3ccccc3)C2)nn1. The van der Waals surface area contributed by atoms with Gasteiger partial charge in [0.15, 0.2) is 0 Å². The zero-order valence-corrected chi connectivity index (χ0v) is 14.5. The standard InChI is InChI=1S/C18H21N5O3/c24-17-7-4-8-21(17)9-15-10-23(20-19-15)16-11-22(12-16)18(25)26-13-14-5-2-1-3-6-14/h1-3,5-6,10,16H,4,7-9,11-13H2. The van der Waals surface area contributed by atoms with Crippen molar-refractivity contribution in [3.05, 3.63) is 47.8 Å². The predicted octanol–water partition coefficient (Wildman–Crippen LogP) is 1.59. The summed E-state index contributed by atoms with van der Waals surface area (Å²) in [6, 6.07) is 9.72. The van der Waals surface area contributed by atoms with Crippen LogP contribution in [0, 0.1) is 0 Å². The van der Waals surface area contributed by atoms with Gasteiger partial charge in [-0.3, -0.25) is 4.79 Å². The fraction of sp³-hybridized carbons (Fsp3) is 0.444. The molecule has 0 spiro atoms. The molecule has 2 aromatic rings. The van der Waals surface area contributed by atoms with Crippen molar-refractivity contribution in [3.63, 3.8) is 0 Å². The van der Waals surface area contributed by atoms with Crippen LogP contribution in [0.5, 0.6) is 0 Å². The molecule has 2 saturated heterocycles. The summed E-state index contributed by atoms with van der Waals surface area (Å²) in [6.45, 7) is 2.68. The third-order valence-electron chi connectivity index (χ3n) is 4.78. The predicted molar refractivity (Wildman–Crippen MR) is 91.9 cm³/mol. The van der Waals surface area contributed by atoms with Gasteiger partial charge in [0.05, 0.1) is 18.8 Å². The maximum Gasteiger partial charge on any atom is 0.410 e. The molecule has 1 aromatic carbocycles. The number of rotatable bonds is 5. The van der Waals surface area contributed by atoms with Gasteiger partial charge in [-0.05, 0) is 12.0 Å². The number of hydrogen-bond acceptors (Lipinski definition) is 5. The minimum Gasteiger partial charge on any atom is -0.445 e. The van der Waals surface area contributed by atoms with Gasteiger partial charge >= 0.3 is 6.09 Å². The van der Waals surface area contributed by atoms with Gasteiger partial charge in [-0.1, -0.05) is 35.5 Å². The van der Waals surface area contributed by atoms with Crippen LogP contribution in [0.3, 0.4) is 0 Å². The van der Waals surface area contributed by atoms with Crippen molar-refractivity contribution in [2.75, 3.05) is 19.6 Å². The topological polar surface area (TPSA) is 80.6 Å². The Hall–Kier alpha value is -2.90. The lowest BCUT2D eigenvalue weighted by molar-refractivity contribution is -0.128. The van der Waals surface area contributed by atoms with Gasteiger partial charge in [0.2, 0.25) is 5.91 Å². The van der Waals surface area contributed by atoms with Crippen molar-refractivity contribution in [1.82, 2.24) is 24.8 Å². The highest BCUT2D eigenvalue weighted by Crippen LogP contribution is 2.22. The van der Waals surface area contributed by atoms with Crippen molar-refractivity contribution in [1.29, 1.82) is 0 Å². The third-order valence-corrected chi connectivity index (χ3v) is 4.78. The molecule has 1 aromatic heterocycles. The molecule has 2 amide bonds. The summed E-state index contributed by atoms with van der Waals surface area (Å²) in [5, 5.41) is 8.29. The van der Waals surface area contributed by atoms with Gasteiger partial charge in [0.25, 0.3) is 0 Å². The van der Waals surface area contributed by atoms with Crippen LogP contribution in [0.25, 0.3) is 0 Å². The van der Waals surface area contributed by atoms with Crippen LogP contribution >= 0.6 is 0 Å². The molecule has 2 aliphatic heterocycles. The van der Waals surface area contributed by atoms with E-state index in [2.05, 4.69) is 10.3 Å². The average Bonchev–Trinajstić information content (AvgIpc) is 3.23. The molecular weight excluding hydrogens is 334 g/mol. The molecular formula is C18H21N5O3. The largest absolute Gasteiger partial charge is 0.445 e. The quantitative estimate of drug-likeness (QED) is 0.814. The first-order valence-corrected chi connectivity index (χ1v) is 8.83. The molecule has 3 heterocycles. The molecule has 0 atom stereocenters. The molecule has 2 fully saturated rings. The maximum atomic E-state index is 12.1. The summed E-state index contributed by atoms with van der Waals surface area (Å²) in [5.41, 5.74) is 1.75. The van der Waals surface area contributed by atoms with Crippen molar-refractivity contribution in [3.8, 4) is 0 Å². The van der Waals surface area contributed by atoms with Crippen LogP contribution in [0.1, 0.15) is 30.1 Å². The lowest BCUT2D eigenvalue weighted by atomic mass is 10.1. The van der Waals surface area contributed by atoms with E-state index < -0.39 is 0 Å². The molecule has 26 heavy (non-hydrogen) atoms. The minimum atomic E-state index is -0.312. The van der Waals surface area contributed by atoms with Crippen molar-refractivity contribution in [2.45, 2.75) is 32.0 Å². The van der Waals surface area contributed by atoms with Gasteiger partial charge < -0.3 is 14.5 Å². The summed E-state index contributed by atoms with van der Waals surface area (Å²) in [4.78, 5) is 27.2. The van der Waals surface area contributed by atoms with Crippen LogP contribution in [-0.2, 0) is 22.7 Å². The number of carbonyl (C=O) groups is 2. The highest BCUT2D eigenvalue weighted by Gasteiger charge is 2.34. The van der Waals surface area contributed by atoms with E-state index in [1.54, 1.807) is 9.58 Å². The highest BCUT2D eigenvalue weighted by atomic mass is 16.6. The second-order valence-corrected chi connectivity index (χ2v) is 6.71. The van der Waals surface area contributed by atoms with Gasteiger partial charge in [-0.15, -0.1) is 5.10 Å². The fourth-order valence-electron chi connectivity index (χ4n) is 3.21. The van der Waals surface area contributed by atoms with E-state index in [1.807, 2.05) is 41.4 Å². The van der Waals surface area contributed by atoms with Crippen LogP contribution in [0.4, 0.5) is 4.79 Å². The van der Waals surface area contributed by atoms with Gasteiger partial charge in [-0.2, -0.15) is 0 Å². The molecule has 0 radical (unpaired) electrons. The first kappa shape index (κ1) is 16.6. The van der Waals surface area contributed by atoms with Crippen LogP contribution in [0.2, 0.25) is 0 Å². The number of hydrogen-bond donors (Lipinski definition) is 0. The normalized spacial score (nSPS) is 17.5. The first-order valence-electron chi connectivity index (χ1n) is 8.83. The highest BCUT2D eigenvalue weighted by molar-refractivity contribution is 5.77. The molecule has 0 aliphatic carbocycles. The summed E-state index contributed by atoms with van der Waals surface area (Å²) in [7, 11) is 0. The van der Waals surface area contributed by atoms with Gasteiger partial charge in [0, 0.05) is 26.1 Å². The number of ether oxygens (including phenoxy) is 1. The number of carbonyl (C=O) groups excluding carboxylic acids is 2. The Morgan fingerprint density at radius 3 is 2.77 bits per heavy atom. The first-order chi connectivity index (χ1) is 12.7. The molecule has 8 heteroatoms. The molecule has 0 bridgehead atoms. The Labute approximate surface area is 151 Å². The summed E-state index contributed by atoms with van der Waals surface area (Å²) in [5.74, 6) is 0.176. The Kier molecular flexibility index (Phi) is 4.55. The molecule has 8 nitrogen and oxygen atoms in total. The minimum absolute atomic E-state index is 0.106. The number of aromatic nitrogens is 3. The van der Waals surface area contributed by atoms with Crippen molar-refractivity contribution in [2.24, 2.45) is 0 Å². The van der Waals surface area contributed by atoms with E-state index in [1.165, 1.54) is 0 Å². The third kappa shape index (κ3) is 3.54. The number of benzene rings is 1. The number of nitrogens with zero attached hydrogens (tertiary/aromatic N) is 5.